The van der Waals surface area contributed by atoms with Gasteiger partial charge in [0, 0.05) is 13.1 Å². The number of para-hydroxylation sites is 1. The fourth-order valence-electron chi connectivity index (χ4n) is 2.32. The molecule has 1 aliphatic rings. The summed E-state index contributed by atoms with van der Waals surface area (Å²) in [6, 6.07) is 7.07. The number of amides is 1. The second-order valence-corrected chi connectivity index (χ2v) is 5.87. The predicted octanol–water partition coefficient (Wildman–Crippen LogP) is 2.43. The zero-order valence-corrected chi connectivity index (χ0v) is 12.6. The van der Waals surface area contributed by atoms with Gasteiger partial charge in [-0.05, 0) is 25.5 Å². The third-order valence-corrected chi connectivity index (χ3v) is 4.06. The van der Waals surface area contributed by atoms with Crippen LogP contribution >= 0.6 is 11.6 Å². The monoisotopic (exact) mass is 311 g/mol. The first-order valence-corrected chi connectivity index (χ1v) is 7.19. The van der Waals surface area contributed by atoms with Gasteiger partial charge in [-0.25, -0.2) is 0 Å². The van der Waals surface area contributed by atoms with Crippen LogP contribution in [-0.4, -0.2) is 41.6 Å². The second kappa shape index (κ2) is 6.35. The Morgan fingerprint density at radius 2 is 2.14 bits per heavy atom. The van der Waals surface area contributed by atoms with Gasteiger partial charge in [0.1, 0.15) is 5.75 Å². The van der Waals surface area contributed by atoms with Crippen LogP contribution in [0.2, 0.25) is 5.02 Å². The number of likely N-dealkylation sites (tertiary alicyclic amines) is 1. The number of carbonyl (C=O) groups is 2. The van der Waals surface area contributed by atoms with Crippen LogP contribution < -0.4 is 4.74 Å². The van der Waals surface area contributed by atoms with Crippen LogP contribution in [0.1, 0.15) is 19.8 Å². The highest BCUT2D eigenvalue weighted by Gasteiger charge is 2.41. The van der Waals surface area contributed by atoms with Crippen LogP contribution in [0.4, 0.5) is 0 Å². The van der Waals surface area contributed by atoms with Crippen molar-refractivity contribution in [1.82, 2.24) is 4.90 Å². The maximum absolute atomic E-state index is 12.1. The lowest BCUT2D eigenvalue weighted by molar-refractivity contribution is -0.147. The fourth-order valence-corrected chi connectivity index (χ4v) is 2.51. The molecular formula is C15H18ClNO4. The van der Waals surface area contributed by atoms with Gasteiger partial charge in [-0.3, -0.25) is 9.59 Å². The SMILES string of the molecule is C[C@]1(C(=O)O)CCN(C(=O)CCOc2ccccc2Cl)C1. The van der Waals surface area contributed by atoms with Gasteiger partial charge in [0.05, 0.1) is 23.5 Å². The molecular weight excluding hydrogens is 294 g/mol. The number of ether oxygens (including phenoxy) is 1. The summed E-state index contributed by atoms with van der Waals surface area (Å²) in [5.41, 5.74) is -0.834. The van der Waals surface area contributed by atoms with Crippen LogP contribution in [0.25, 0.3) is 0 Å². The molecule has 1 saturated heterocycles. The molecule has 114 valence electrons. The topological polar surface area (TPSA) is 66.8 Å². The molecule has 1 amide bonds. The summed E-state index contributed by atoms with van der Waals surface area (Å²) >= 11 is 5.95. The number of halogens is 1. The van der Waals surface area contributed by atoms with Crippen LogP contribution in [0.5, 0.6) is 5.75 Å². The first kappa shape index (κ1) is 15.6. The molecule has 1 atom stereocenters. The highest BCUT2D eigenvalue weighted by Crippen LogP contribution is 2.30. The molecule has 2 rings (SSSR count). The van der Waals surface area contributed by atoms with Crippen LogP contribution in [0.3, 0.4) is 0 Å². The van der Waals surface area contributed by atoms with Gasteiger partial charge >= 0.3 is 5.97 Å². The van der Waals surface area contributed by atoms with Crippen molar-refractivity contribution < 1.29 is 19.4 Å². The molecule has 5 nitrogen and oxygen atoms in total. The molecule has 1 aromatic carbocycles. The lowest BCUT2D eigenvalue weighted by Crippen LogP contribution is -2.35. The van der Waals surface area contributed by atoms with Crippen LogP contribution in [0, 0.1) is 5.41 Å². The number of benzene rings is 1. The van der Waals surface area contributed by atoms with E-state index < -0.39 is 11.4 Å². The van der Waals surface area contributed by atoms with E-state index in [0.29, 0.717) is 23.7 Å². The van der Waals surface area contributed by atoms with Gasteiger partial charge in [0.25, 0.3) is 0 Å². The average molecular weight is 312 g/mol. The predicted molar refractivity (Wildman–Crippen MR) is 78.5 cm³/mol. The summed E-state index contributed by atoms with van der Waals surface area (Å²) in [5.74, 6) is -0.402. The molecule has 1 N–H and O–H groups in total. The van der Waals surface area contributed by atoms with Crippen molar-refractivity contribution in [2.24, 2.45) is 5.41 Å². The number of hydrogen-bond acceptors (Lipinski definition) is 3. The molecule has 0 unspecified atom stereocenters. The molecule has 0 aliphatic carbocycles. The fraction of sp³-hybridized carbons (Fsp3) is 0.467. The van der Waals surface area contributed by atoms with Gasteiger partial charge < -0.3 is 14.7 Å². The normalized spacial score (nSPS) is 21.3. The summed E-state index contributed by atoms with van der Waals surface area (Å²) in [5, 5.41) is 9.65. The summed E-state index contributed by atoms with van der Waals surface area (Å²) in [6.07, 6.45) is 0.695. The van der Waals surface area contributed by atoms with E-state index in [-0.39, 0.29) is 25.5 Å². The minimum Gasteiger partial charge on any atom is -0.491 e. The second-order valence-electron chi connectivity index (χ2n) is 5.46. The molecule has 0 aromatic heterocycles. The lowest BCUT2D eigenvalue weighted by Gasteiger charge is -2.20. The van der Waals surface area contributed by atoms with Crippen molar-refractivity contribution in [3.05, 3.63) is 29.3 Å². The number of nitrogens with zero attached hydrogens (tertiary/aromatic N) is 1. The number of carboxylic acids is 1. The Morgan fingerprint density at radius 1 is 1.43 bits per heavy atom. The van der Waals surface area contributed by atoms with E-state index in [9.17, 15) is 9.59 Å². The number of rotatable bonds is 5. The average Bonchev–Trinajstić information content (AvgIpc) is 2.85. The lowest BCUT2D eigenvalue weighted by atomic mass is 9.90. The molecule has 1 aliphatic heterocycles. The first-order chi connectivity index (χ1) is 9.92. The van der Waals surface area contributed by atoms with Crippen molar-refractivity contribution >= 4 is 23.5 Å². The largest absolute Gasteiger partial charge is 0.491 e. The Labute approximate surface area is 128 Å². The third kappa shape index (κ3) is 3.67. The smallest absolute Gasteiger partial charge is 0.311 e. The summed E-state index contributed by atoms with van der Waals surface area (Å²) in [7, 11) is 0. The first-order valence-electron chi connectivity index (χ1n) is 6.81. The van der Waals surface area contributed by atoms with E-state index in [1.807, 2.05) is 6.07 Å². The Kier molecular flexibility index (Phi) is 4.73. The van der Waals surface area contributed by atoms with E-state index in [1.54, 1.807) is 30.0 Å². The summed E-state index contributed by atoms with van der Waals surface area (Å²) < 4.78 is 5.47. The number of carbonyl (C=O) groups excluding carboxylic acids is 1. The standard InChI is InChI=1S/C15H18ClNO4/c1-15(14(19)20)7-8-17(10-15)13(18)6-9-21-12-5-3-2-4-11(12)16/h2-5H,6-10H2,1H3,(H,19,20)/t15-/m0/s1. The molecule has 0 bridgehead atoms. The van der Waals surface area contributed by atoms with E-state index >= 15 is 0 Å². The quantitative estimate of drug-likeness (QED) is 0.907. The molecule has 1 aromatic rings. The third-order valence-electron chi connectivity index (χ3n) is 3.75. The molecule has 21 heavy (non-hydrogen) atoms. The zero-order valence-electron chi connectivity index (χ0n) is 11.8. The minimum atomic E-state index is -0.856. The van der Waals surface area contributed by atoms with Gasteiger partial charge in [-0.1, -0.05) is 23.7 Å². The maximum atomic E-state index is 12.1. The van der Waals surface area contributed by atoms with E-state index in [2.05, 4.69) is 0 Å². The van der Waals surface area contributed by atoms with E-state index in [1.165, 1.54) is 0 Å². The summed E-state index contributed by atoms with van der Waals surface area (Å²) in [6.45, 7) is 2.63. The number of hydrogen-bond donors (Lipinski definition) is 1. The van der Waals surface area contributed by atoms with Crippen LogP contribution in [0.15, 0.2) is 24.3 Å². The maximum Gasteiger partial charge on any atom is 0.311 e. The zero-order chi connectivity index (χ0) is 15.5. The van der Waals surface area contributed by atoms with E-state index in [0.717, 1.165) is 0 Å². The van der Waals surface area contributed by atoms with E-state index in [4.69, 9.17) is 21.4 Å². The molecule has 1 heterocycles. The molecule has 0 spiro atoms. The highest BCUT2D eigenvalue weighted by atomic mass is 35.5. The van der Waals surface area contributed by atoms with Crippen molar-refractivity contribution in [2.75, 3.05) is 19.7 Å². The minimum absolute atomic E-state index is 0.0907. The number of aliphatic carboxylic acids is 1. The van der Waals surface area contributed by atoms with Crippen molar-refractivity contribution in [3.8, 4) is 5.75 Å². The van der Waals surface area contributed by atoms with Crippen molar-refractivity contribution in [3.63, 3.8) is 0 Å². The Balaban J connectivity index is 1.81. The molecule has 1 fully saturated rings. The molecule has 6 heteroatoms. The summed E-state index contributed by atoms with van der Waals surface area (Å²) in [4.78, 5) is 24.8. The van der Waals surface area contributed by atoms with Crippen LogP contribution in [-0.2, 0) is 9.59 Å². The van der Waals surface area contributed by atoms with Gasteiger partial charge in [0.15, 0.2) is 0 Å². The number of carboxylic acid groups (broad SMARTS) is 1. The van der Waals surface area contributed by atoms with Gasteiger partial charge in [-0.2, -0.15) is 0 Å². The molecule has 0 saturated carbocycles. The van der Waals surface area contributed by atoms with Crippen molar-refractivity contribution in [2.45, 2.75) is 19.8 Å². The van der Waals surface area contributed by atoms with Gasteiger partial charge in [-0.15, -0.1) is 0 Å². The Bertz CT molecular complexity index is 548. The van der Waals surface area contributed by atoms with Crippen molar-refractivity contribution in [1.29, 1.82) is 0 Å². The van der Waals surface area contributed by atoms with Gasteiger partial charge in [0.2, 0.25) is 5.91 Å². The highest BCUT2D eigenvalue weighted by molar-refractivity contribution is 6.32. The molecule has 0 radical (unpaired) electrons. The Morgan fingerprint density at radius 3 is 2.76 bits per heavy atom. The Hall–Kier alpha value is -1.75.